The molecule has 0 bridgehead atoms. The van der Waals surface area contributed by atoms with Crippen molar-refractivity contribution in [1.82, 2.24) is 0 Å². The Bertz CT molecular complexity index is 127. The van der Waals surface area contributed by atoms with Crippen LogP contribution in [0.15, 0.2) is 0 Å². The van der Waals surface area contributed by atoms with Crippen LogP contribution in [-0.2, 0) is 20.0 Å². The Hall–Kier alpha value is 0.660. The van der Waals surface area contributed by atoms with Gasteiger partial charge in [0.25, 0.3) is 6.72 Å². The Morgan fingerprint density at radius 1 is 1.30 bits per heavy atom. The first-order valence-electron chi connectivity index (χ1n) is 3.20. The van der Waals surface area contributed by atoms with Gasteiger partial charge in [0.2, 0.25) is 0 Å². The molecule has 64 valence electrons. The quantitative estimate of drug-likeness (QED) is 0.511. The minimum atomic E-state index is -2.48. The number of hydrogen-bond acceptors (Lipinski definition) is 2. The van der Waals surface area contributed by atoms with E-state index in [0.717, 1.165) is 10.9 Å². The van der Waals surface area contributed by atoms with Crippen molar-refractivity contribution in [2.75, 3.05) is 19.5 Å². The first-order chi connectivity index (χ1) is 4.68. The van der Waals surface area contributed by atoms with E-state index in [9.17, 15) is 4.89 Å². The van der Waals surface area contributed by atoms with Crippen molar-refractivity contribution in [2.45, 2.75) is 13.8 Å². The summed E-state index contributed by atoms with van der Waals surface area (Å²) in [6, 6.07) is 0. The van der Waals surface area contributed by atoms with Crippen molar-refractivity contribution < 1.29 is 13.9 Å². The molecule has 1 N–H and O–H groups in total. The minimum absolute atomic E-state index is 0.505. The van der Waals surface area contributed by atoms with Gasteiger partial charge in [0, 0.05) is 0 Å². The molecular formula is C5H15O3PS. The number of hydrogen-bond donors (Lipinski definition) is 2. The van der Waals surface area contributed by atoms with Crippen LogP contribution in [0.25, 0.3) is 0 Å². The summed E-state index contributed by atoms with van der Waals surface area (Å²) in [5.41, 5.74) is 0. The largest absolute Gasteiger partial charge is 0.328 e. The standard InChI is InChI=1S/C5H15O3PS/c1-4-7-9(6,10-3)8-5-2/h6,10H,4-5H2,1-3H3. The van der Waals surface area contributed by atoms with Crippen LogP contribution in [0.5, 0.6) is 0 Å². The Kier molecular flexibility index (Phi) is 5.68. The van der Waals surface area contributed by atoms with Crippen molar-refractivity contribution >= 4 is 17.7 Å². The highest BCUT2D eigenvalue weighted by atomic mass is 32.5. The van der Waals surface area contributed by atoms with Crippen molar-refractivity contribution in [3.63, 3.8) is 0 Å². The van der Waals surface area contributed by atoms with Crippen LogP contribution < -0.4 is 0 Å². The van der Waals surface area contributed by atoms with Crippen molar-refractivity contribution in [2.24, 2.45) is 0 Å². The van der Waals surface area contributed by atoms with Gasteiger partial charge in [-0.05, 0) is 20.1 Å². The average Bonchev–Trinajstić information content (AvgIpc) is 1.89. The highest BCUT2D eigenvalue weighted by molar-refractivity contribution is 8.16. The lowest BCUT2D eigenvalue weighted by Crippen LogP contribution is -1.95. The molecule has 0 amide bonds. The summed E-state index contributed by atoms with van der Waals surface area (Å²) in [7, 11) is 0.791. The maximum Gasteiger partial charge on any atom is 0.279 e. The molecule has 0 unspecified atom stereocenters. The zero-order valence-electron chi connectivity index (χ0n) is 6.57. The summed E-state index contributed by atoms with van der Waals surface area (Å²) >= 11 is 0. The molecule has 0 aliphatic heterocycles. The van der Waals surface area contributed by atoms with E-state index >= 15 is 0 Å². The Balaban J connectivity index is 3.97. The van der Waals surface area contributed by atoms with Crippen LogP contribution >= 0.6 is 6.72 Å². The maximum absolute atomic E-state index is 9.47. The lowest BCUT2D eigenvalue weighted by molar-refractivity contribution is 0.212. The van der Waals surface area contributed by atoms with Gasteiger partial charge in [-0.3, -0.25) is 0 Å². The fourth-order valence-electron chi connectivity index (χ4n) is 0.489. The minimum Gasteiger partial charge on any atom is -0.328 e. The van der Waals surface area contributed by atoms with Gasteiger partial charge in [0.1, 0.15) is 0 Å². The van der Waals surface area contributed by atoms with Crippen LogP contribution in [0.1, 0.15) is 13.8 Å². The predicted octanol–water partition coefficient (Wildman–Crippen LogP) is 1.17. The highest BCUT2D eigenvalue weighted by Gasteiger charge is 2.10. The van der Waals surface area contributed by atoms with E-state index < -0.39 is 6.72 Å². The maximum atomic E-state index is 9.47. The molecule has 3 nitrogen and oxygen atoms in total. The summed E-state index contributed by atoms with van der Waals surface area (Å²) < 4.78 is 10.1. The lowest BCUT2D eigenvalue weighted by Gasteiger charge is -2.16. The van der Waals surface area contributed by atoms with Gasteiger partial charge in [-0.2, -0.15) is 0 Å². The second-order valence-electron chi connectivity index (χ2n) is 1.53. The van der Waals surface area contributed by atoms with Gasteiger partial charge in [0.15, 0.2) is 0 Å². The molecule has 0 aromatic carbocycles. The molecule has 0 rings (SSSR count). The fourth-order valence-corrected chi connectivity index (χ4v) is 2.85. The molecule has 0 saturated heterocycles. The molecule has 0 fully saturated rings. The Labute approximate surface area is 65.6 Å². The van der Waals surface area contributed by atoms with Crippen LogP contribution in [0.4, 0.5) is 0 Å². The topological polar surface area (TPSA) is 38.7 Å². The summed E-state index contributed by atoms with van der Waals surface area (Å²) in [5, 5.41) is 0. The van der Waals surface area contributed by atoms with Crippen LogP contribution in [-0.4, -0.2) is 24.4 Å². The summed E-state index contributed by atoms with van der Waals surface area (Å²) in [6.07, 6.45) is 1.83. The van der Waals surface area contributed by atoms with Gasteiger partial charge in [-0.25, -0.2) is 0 Å². The summed E-state index contributed by atoms with van der Waals surface area (Å²) in [6.45, 7) is 2.22. The average molecular weight is 186 g/mol. The van der Waals surface area contributed by atoms with Crippen molar-refractivity contribution in [3.05, 3.63) is 0 Å². The van der Waals surface area contributed by atoms with Gasteiger partial charge >= 0.3 is 0 Å². The fraction of sp³-hybridized carbons (Fsp3) is 1.00. The molecule has 0 saturated carbocycles. The van der Waals surface area contributed by atoms with E-state index in [4.69, 9.17) is 9.05 Å². The Morgan fingerprint density at radius 2 is 1.70 bits per heavy atom. The lowest BCUT2D eigenvalue weighted by atomic mass is 10.9. The zero-order chi connectivity index (χ0) is 8.04. The first kappa shape index (κ1) is 10.7. The van der Waals surface area contributed by atoms with Crippen molar-refractivity contribution in [1.29, 1.82) is 0 Å². The SMILES string of the molecule is CCOP(O)(OCC)=[SH]C. The molecule has 0 aromatic rings. The molecular weight excluding hydrogens is 171 g/mol. The second-order valence-corrected chi connectivity index (χ2v) is 6.14. The molecule has 10 heavy (non-hydrogen) atoms. The third-order valence-corrected chi connectivity index (χ3v) is 4.75. The summed E-state index contributed by atoms with van der Waals surface area (Å²) in [5.74, 6) is 0. The van der Waals surface area contributed by atoms with E-state index in [2.05, 4.69) is 0 Å². The van der Waals surface area contributed by atoms with Crippen LogP contribution in [0.2, 0.25) is 0 Å². The van der Waals surface area contributed by atoms with Crippen LogP contribution in [0, 0.1) is 0 Å². The van der Waals surface area contributed by atoms with E-state index in [1.165, 1.54) is 0 Å². The third-order valence-electron chi connectivity index (χ3n) is 0.847. The third kappa shape index (κ3) is 3.74. The first-order valence-corrected chi connectivity index (χ1v) is 6.83. The molecule has 0 atom stereocenters. The van der Waals surface area contributed by atoms with Crippen LogP contribution in [0.3, 0.4) is 0 Å². The van der Waals surface area contributed by atoms with E-state index in [1.807, 2.05) is 20.1 Å². The Morgan fingerprint density at radius 3 is 1.90 bits per heavy atom. The molecule has 0 aliphatic carbocycles. The molecule has 0 heterocycles. The number of rotatable bonds is 4. The van der Waals surface area contributed by atoms with Gasteiger partial charge in [-0.15, -0.1) is 10.9 Å². The molecule has 0 aliphatic rings. The van der Waals surface area contributed by atoms with Crippen molar-refractivity contribution in [3.8, 4) is 0 Å². The van der Waals surface area contributed by atoms with Gasteiger partial charge < -0.3 is 13.9 Å². The van der Waals surface area contributed by atoms with E-state index in [1.54, 1.807) is 0 Å². The van der Waals surface area contributed by atoms with E-state index in [-0.39, 0.29) is 0 Å². The zero-order valence-corrected chi connectivity index (χ0v) is 8.36. The monoisotopic (exact) mass is 186 g/mol. The molecule has 5 heteroatoms. The van der Waals surface area contributed by atoms with Gasteiger partial charge in [0.05, 0.1) is 13.2 Å². The second kappa shape index (κ2) is 5.33. The smallest absolute Gasteiger partial charge is 0.279 e. The predicted molar refractivity (Wildman–Crippen MR) is 47.1 cm³/mol. The van der Waals surface area contributed by atoms with Gasteiger partial charge in [-0.1, -0.05) is 0 Å². The highest BCUT2D eigenvalue weighted by Crippen LogP contribution is 2.44. The molecule has 0 radical (unpaired) electrons. The van der Waals surface area contributed by atoms with E-state index in [0.29, 0.717) is 13.2 Å². The molecule has 0 aromatic heterocycles. The number of thiol groups is 1. The molecule has 0 spiro atoms. The summed E-state index contributed by atoms with van der Waals surface area (Å²) in [4.78, 5) is 9.47. The normalized spacial score (nSPS) is 12.0.